The molecule has 0 bridgehead atoms. The lowest BCUT2D eigenvalue weighted by Crippen LogP contribution is -2.15. The number of methoxy groups -OCH3 is 1. The molecule has 0 saturated carbocycles. The summed E-state index contributed by atoms with van der Waals surface area (Å²) in [7, 11) is 1.63. The number of anilines is 1. The van der Waals surface area contributed by atoms with Gasteiger partial charge in [-0.1, -0.05) is 28.1 Å². The Bertz CT molecular complexity index is 1220. The van der Waals surface area contributed by atoms with Gasteiger partial charge in [-0.25, -0.2) is 4.98 Å². The molecule has 4 aromatic rings. The summed E-state index contributed by atoms with van der Waals surface area (Å²) in [6.07, 6.45) is 0. The van der Waals surface area contributed by atoms with Crippen LogP contribution in [0.4, 0.5) is 5.82 Å². The molecule has 0 spiro atoms. The van der Waals surface area contributed by atoms with Crippen LogP contribution in [-0.4, -0.2) is 27.8 Å². The van der Waals surface area contributed by atoms with Crippen LogP contribution in [0.2, 0.25) is 0 Å². The van der Waals surface area contributed by atoms with Crippen molar-refractivity contribution in [2.24, 2.45) is 0 Å². The number of para-hydroxylation sites is 1. The van der Waals surface area contributed by atoms with Crippen molar-refractivity contribution >= 4 is 38.6 Å². The molecule has 1 amide bonds. The molecule has 29 heavy (non-hydrogen) atoms. The van der Waals surface area contributed by atoms with Crippen LogP contribution >= 0.6 is 15.9 Å². The van der Waals surface area contributed by atoms with E-state index in [9.17, 15) is 4.79 Å². The number of aryl methyl sites for hydroxylation is 2. The van der Waals surface area contributed by atoms with Crippen molar-refractivity contribution in [1.82, 2.24) is 14.8 Å². The van der Waals surface area contributed by atoms with Gasteiger partial charge in [-0.3, -0.25) is 4.79 Å². The number of ether oxygens (including phenoxy) is 1. The summed E-state index contributed by atoms with van der Waals surface area (Å²) in [5, 5.41) is 8.48. The van der Waals surface area contributed by atoms with E-state index in [-0.39, 0.29) is 5.91 Å². The monoisotopic (exact) mass is 450 g/mol. The molecule has 7 heteroatoms. The van der Waals surface area contributed by atoms with E-state index in [0.29, 0.717) is 22.9 Å². The zero-order valence-corrected chi connectivity index (χ0v) is 17.8. The maximum absolute atomic E-state index is 12.7. The van der Waals surface area contributed by atoms with Gasteiger partial charge in [0.1, 0.15) is 17.1 Å². The first kappa shape index (κ1) is 19.1. The van der Waals surface area contributed by atoms with E-state index in [0.717, 1.165) is 26.6 Å². The number of rotatable bonds is 4. The summed E-state index contributed by atoms with van der Waals surface area (Å²) < 4.78 is 8.04. The molecule has 0 atom stereocenters. The van der Waals surface area contributed by atoms with E-state index in [4.69, 9.17) is 9.72 Å². The second-order valence-electron chi connectivity index (χ2n) is 6.70. The predicted octanol–water partition coefficient (Wildman–Crippen LogP) is 5.06. The van der Waals surface area contributed by atoms with Gasteiger partial charge in [0.15, 0.2) is 5.82 Å². The van der Waals surface area contributed by atoms with E-state index in [1.807, 2.05) is 56.3 Å². The third-order valence-electron chi connectivity index (χ3n) is 4.61. The van der Waals surface area contributed by atoms with Gasteiger partial charge in [-0.15, -0.1) is 0 Å². The number of hydrogen-bond acceptors (Lipinski definition) is 4. The fourth-order valence-corrected chi connectivity index (χ4v) is 3.46. The highest BCUT2D eigenvalue weighted by Gasteiger charge is 2.15. The van der Waals surface area contributed by atoms with Gasteiger partial charge >= 0.3 is 0 Å². The van der Waals surface area contributed by atoms with Crippen LogP contribution in [0.25, 0.3) is 16.7 Å². The van der Waals surface area contributed by atoms with Gasteiger partial charge in [0.25, 0.3) is 5.91 Å². The summed E-state index contributed by atoms with van der Waals surface area (Å²) in [5.74, 6) is 1.64. The normalized spacial score (nSPS) is 10.9. The minimum atomic E-state index is -0.214. The smallest absolute Gasteiger partial charge is 0.256 e. The number of carbonyl (C=O) groups excluding carboxylic acids is 1. The topological polar surface area (TPSA) is 69.0 Å². The van der Waals surface area contributed by atoms with E-state index in [2.05, 4.69) is 26.3 Å². The Balaban J connectivity index is 1.77. The lowest BCUT2D eigenvalue weighted by Gasteiger charge is -2.12. The largest absolute Gasteiger partial charge is 0.494 e. The Labute approximate surface area is 176 Å². The molecule has 1 N–H and O–H groups in total. The number of aromatic nitrogens is 3. The molecule has 0 unspecified atom stereocenters. The highest BCUT2D eigenvalue weighted by Crippen LogP contribution is 2.28. The average molecular weight is 451 g/mol. The Hall–Kier alpha value is -3.19. The fourth-order valence-electron chi connectivity index (χ4n) is 3.20. The molecule has 6 nitrogen and oxygen atoms in total. The SMILES string of the molecule is COc1cccc2c(C)cc(-n3nc(C)cc3NC(=O)c3ccc(Br)cc3)nc12. The first-order valence-corrected chi connectivity index (χ1v) is 9.84. The van der Waals surface area contributed by atoms with E-state index in [1.54, 1.807) is 23.9 Å². The van der Waals surface area contributed by atoms with Gasteiger partial charge < -0.3 is 10.1 Å². The molecule has 2 aromatic heterocycles. The Morgan fingerprint density at radius 3 is 2.59 bits per heavy atom. The third-order valence-corrected chi connectivity index (χ3v) is 5.14. The number of fused-ring (bicyclic) bond motifs is 1. The molecular weight excluding hydrogens is 432 g/mol. The number of nitrogens with one attached hydrogen (secondary N) is 1. The molecule has 0 aliphatic rings. The van der Waals surface area contributed by atoms with E-state index >= 15 is 0 Å². The van der Waals surface area contributed by atoms with Gasteiger partial charge in [0.2, 0.25) is 0 Å². The molecule has 0 aliphatic heterocycles. The van der Waals surface area contributed by atoms with Crippen LogP contribution in [0.1, 0.15) is 21.6 Å². The van der Waals surface area contributed by atoms with Crippen LogP contribution in [0, 0.1) is 13.8 Å². The number of halogens is 1. The molecule has 2 heterocycles. The predicted molar refractivity (Wildman–Crippen MR) is 117 cm³/mol. The molecule has 2 aromatic carbocycles. The lowest BCUT2D eigenvalue weighted by atomic mass is 10.1. The van der Waals surface area contributed by atoms with Gasteiger partial charge in [-0.2, -0.15) is 9.78 Å². The van der Waals surface area contributed by atoms with Crippen molar-refractivity contribution in [3.63, 3.8) is 0 Å². The van der Waals surface area contributed by atoms with Crippen LogP contribution < -0.4 is 10.1 Å². The fraction of sp³-hybridized carbons (Fsp3) is 0.136. The van der Waals surface area contributed by atoms with Crippen molar-refractivity contribution in [3.8, 4) is 11.6 Å². The summed E-state index contributed by atoms with van der Waals surface area (Å²) >= 11 is 3.38. The van der Waals surface area contributed by atoms with Crippen LogP contribution in [-0.2, 0) is 0 Å². The molecule has 0 saturated heterocycles. The standard InChI is InChI=1S/C22H19BrN4O2/c1-13-11-19(24-21-17(13)5-4-6-18(21)29-3)27-20(12-14(2)26-27)25-22(28)15-7-9-16(23)10-8-15/h4-12H,1-3H3,(H,25,28). The quantitative estimate of drug-likeness (QED) is 0.471. The molecule has 0 aliphatic carbocycles. The summed E-state index contributed by atoms with van der Waals surface area (Å²) in [6.45, 7) is 3.89. The van der Waals surface area contributed by atoms with Crippen molar-refractivity contribution in [1.29, 1.82) is 0 Å². The number of nitrogens with zero attached hydrogens (tertiary/aromatic N) is 3. The van der Waals surface area contributed by atoms with Crippen LogP contribution in [0.15, 0.2) is 59.1 Å². The Morgan fingerprint density at radius 1 is 1.10 bits per heavy atom. The Morgan fingerprint density at radius 2 is 1.86 bits per heavy atom. The number of benzene rings is 2. The third kappa shape index (κ3) is 3.73. The zero-order chi connectivity index (χ0) is 20.5. The first-order chi connectivity index (χ1) is 14.0. The maximum atomic E-state index is 12.7. The average Bonchev–Trinajstić information content (AvgIpc) is 3.08. The Kier molecular flexibility index (Phi) is 5.07. The lowest BCUT2D eigenvalue weighted by molar-refractivity contribution is 0.102. The number of carbonyl (C=O) groups is 1. The molecule has 0 radical (unpaired) electrons. The molecule has 4 rings (SSSR count). The van der Waals surface area contributed by atoms with Gasteiger partial charge in [0, 0.05) is 21.5 Å². The zero-order valence-electron chi connectivity index (χ0n) is 16.2. The van der Waals surface area contributed by atoms with Crippen molar-refractivity contribution in [2.45, 2.75) is 13.8 Å². The van der Waals surface area contributed by atoms with Gasteiger partial charge in [0.05, 0.1) is 12.8 Å². The minimum Gasteiger partial charge on any atom is -0.494 e. The summed E-state index contributed by atoms with van der Waals surface area (Å²) in [5.41, 5.74) is 3.13. The first-order valence-electron chi connectivity index (χ1n) is 9.04. The number of hydrogen-bond donors (Lipinski definition) is 1. The second-order valence-corrected chi connectivity index (χ2v) is 7.61. The minimum absolute atomic E-state index is 0.214. The number of pyridine rings is 1. The van der Waals surface area contributed by atoms with Crippen molar-refractivity contribution in [2.75, 3.05) is 12.4 Å². The number of amides is 1. The molecule has 0 fully saturated rings. The van der Waals surface area contributed by atoms with E-state index < -0.39 is 0 Å². The molecule has 146 valence electrons. The molecular formula is C22H19BrN4O2. The van der Waals surface area contributed by atoms with Crippen LogP contribution in [0.3, 0.4) is 0 Å². The highest BCUT2D eigenvalue weighted by molar-refractivity contribution is 9.10. The van der Waals surface area contributed by atoms with Gasteiger partial charge in [-0.05, 0) is 55.8 Å². The highest BCUT2D eigenvalue weighted by atomic mass is 79.9. The maximum Gasteiger partial charge on any atom is 0.256 e. The van der Waals surface area contributed by atoms with Crippen molar-refractivity contribution in [3.05, 3.63) is 75.9 Å². The second kappa shape index (κ2) is 7.67. The van der Waals surface area contributed by atoms with Crippen molar-refractivity contribution < 1.29 is 9.53 Å². The van der Waals surface area contributed by atoms with Crippen LogP contribution in [0.5, 0.6) is 5.75 Å². The van der Waals surface area contributed by atoms with E-state index in [1.165, 1.54) is 0 Å². The summed E-state index contributed by atoms with van der Waals surface area (Å²) in [4.78, 5) is 17.5. The summed E-state index contributed by atoms with van der Waals surface area (Å²) in [6, 6.07) is 16.8.